The Hall–Kier alpha value is -2.85. The second-order valence-electron chi connectivity index (χ2n) is 31.1. The van der Waals surface area contributed by atoms with Crippen molar-refractivity contribution in [1.29, 1.82) is 0 Å². The molecule has 5 aliphatic carbocycles. The summed E-state index contributed by atoms with van der Waals surface area (Å²) < 4.78 is 72.1. The summed E-state index contributed by atoms with van der Waals surface area (Å²) in [6.45, 7) is 11.1. The molecule has 14 aliphatic rings. The average Bonchev–Trinajstić information content (AvgIpc) is 0.670. The zero-order valence-corrected chi connectivity index (χ0v) is 54.7. The number of ether oxygens (including phenoxy) is 12. The molecule has 31 heteroatoms. The van der Waals surface area contributed by atoms with Gasteiger partial charge in [-0.2, -0.15) is 0 Å². The lowest BCUT2D eigenvalue weighted by molar-refractivity contribution is -0.384. The van der Waals surface area contributed by atoms with Gasteiger partial charge in [0.1, 0.15) is 104 Å². The van der Waals surface area contributed by atoms with Crippen LogP contribution in [0.5, 0.6) is 0 Å². The van der Waals surface area contributed by atoms with Gasteiger partial charge in [0.15, 0.2) is 37.4 Å². The summed E-state index contributed by atoms with van der Waals surface area (Å²) in [7, 11) is 0. The molecule has 12 bridgehead atoms. The number of aliphatic hydroxyl groups excluding tert-OH is 15. The van der Waals surface area contributed by atoms with Crippen LogP contribution < -0.4 is 0 Å². The minimum atomic E-state index is -2.32. The van der Waals surface area contributed by atoms with Crippen LogP contribution in [-0.2, 0) is 71.2 Å². The summed E-state index contributed by atoms with van der Waals surface area (Å²) in [4.78, 5) is 43.1. The summed E-state index contributed by atoms with van der Waals surface area (Å²) in [5, 5.41) is 183. The SMILES string of the molecule is C[C@@H]1O[C@H]2O[C@H]3[C@@H](OC[C@H](O)[C@@H]3O)OC(=O)[C@]34CCC(C)(C)C[C@H]3C3=CC[C@@H]5[C@@]6(C)C[C@H](O)[C@H](O[C@@H]7O[C@H](CO)[C@@H](O)[C@H](O)[C@H]7O[C@@H]7O[C@H](COC(=O)CC(C)(O)CC(=O)O[C@@H]1[C@@H](O[C@@H]1OC[C@H](O)[C@H](O)[C@H]1O)[C@H]2O)[C@@H](O)[C@H](O)[C@H]7O)[C@@](C)(CO)[C@@H]6CC[C@@]5(C)[C@]3(C)C[C@H]4O. The van der Waals surface area contributed by atoms with E-state index in [1.165, 1.54) is 6.92 Å². The van der Waals surface area contributed by atoms with Gasteiger partial charge < -0.3 is 139 Å². The standard InChI is InChI=1S/C64H100O31/c1-25-47-48(91-52-44(79)38(73)29(68)21-85-52)46(81)54(87-25)92-49-39(74)30(69)22-86-55(49)95-57(82)64-14-13-58(2,3)15-27(64)26-9-10-34-60(5)16-28(67)51(61(6,24-66)33(60)11-12-62(34,7)63(26,8)17-35(64)70)94-56-50(43(78)40(75)31(20-65)88-56)93-53-45(80)42(77)41(76)32(89-53)23-84-36(71)18-59(4,83)19-37(72)90-47/h9,25,27-35,38-56,65-70,73-81,83H,10-24H2,1-8H3/t25-,27-,28-,29-,30-,31+,32+,33+,34+,35+,38-,39-,40+,41+,42-,43-,44+,45+,46+,47-,48-,49+,50+,51-,52-,53-,54-,55-,56-,59?,60-,61-,62+,63+,64+/m0/s1. The number of hydrogen-bond donors (Lipinski definition) is 16. The molecule has 9 heterocycles. The van der Waals surface area contributed by atoms with Crippen molar-refractivity contribution in [3.05, 3.63) is 11.6 Å². The van der Waals surface area contributed by atoms with Crippen molar-refractivity contribution in [2.24, 2.45) is 50.2 Å². The van der Waals surface area contributed by atoms with E-state index in [9.17, 15) is 91.3 Å². The van der Waals surface area contributed by atoms with Gasteiger partial charge in [0.05, 0.1) is 69.3 Å². The lowest BCUT2D eigenvalue weighted by Gasteiger charge is -2.72. The van der Waals surface area contributed by atoms with Crippen molar-refractivity contribution < 1.29 is 153 Å². The normalized spacial score (nSPS) is 54.8. The quantitative estimate of drug-likeness (QED) is 0.0547. The molecule has 0 radical (unpaired) electrons. The van der Waals surface area contributed by atoms with E-state index in [-0.39, 0.29) is 30.6 Å². The number of esters is 3. The third-order valence-electron chi connectivity index (χ3n) is 24.3. The summed E-state index contributed by atoms with van der Waals surface area (Å²) in [5.74, 6) is -4.74. The van der Waals surface area contributed by atoms with Gasteiger partial charge in [0.2, 0.25) is 6.29 Å². The lowest BCUT2D eigenvalue weighted by atomic mass is 9.33. The highest BCUT2D eigenvalue weighted by molar-refractivity contribution is 5.80. The third kappa shape index (κ3) is 12.7. The number of rotatable bonds is 4. The Morgan fingerprint density at radius 1 is 0.568 bits per heavy atom. The van der Waals surface area contributed by atoms with Crippen molar-refractivity contribution in [3.8, 4) is 0 Å². The molecule has 95 heavy (non-hydrogen) atoms. The lowest BCUT2D eigenvalue weighted by Crippen LogP contribution is -2.71. The molecule has 4 saturated carbocycles. The van der Waals surface area contributed by atoms with Crippen LogP contribution in [0.15, 0.2) is 11.6 Å². The van der Waals surface area contributed by atoms with Gasteiger partial charge in [-0.1, -0.05) is 53.2 Å². The van der Waals surface area contributed by atoms with Crippen LogP contribution in [0, 0.1) is 50.2 Å². The van der Waals surface area contributed by atoms with E-state index in [2.05, 4.69) is 40.7 Å². The maximum absolute atomic E-state index is 15.7. The summed E-state index contributed by atoms with van der Waals surface area (Å²) >= 11 is 0. The molecule has 1 spiro atoms. The first-order valence-electron chi connectivity index (χ1n) is 33.3. The zero-order valence-electron chi connectivity index (χ0n) is 54.7. The molecular weight excluding hydrogens is 1260 g/mol. The van der Waals surface area contributed by atoms with Crippen LogP contribution in [0.2, 0.25) is 0 Å². The topological polar surface area (TPSA) is 486 Å². The van der Waals surface area contributed by atoms with Crippen LogP contribution in [-0.4, -0.2) is 298 Å². The fourth-order valence-corrected chi connectivity index (χ4v) is 18.8. The van der Waals surface area contributed by atoms with Gasteiger partial charge in [-0.05, 0) is 105 Å². The van der Waals surface area contributed by atoms with E-state index < -0.39 is 268 Å². The molecule has 0 aromatic carbocycles. The highest BCUT2D eigenvalue weighted by Gasteiger charge is 2.73. The summed E-state index contributed by atoms with van der Waals surface area (Å²) in [6, 6.07) is 0. The van der Waals surface area contributed by atoms with E-state index in [1.54, 1.807) is 6.92 Å². The third-order valence-corrected chi connectivity index (χ3v) is 24.3. The monoisotopic (exact) mass is 1360 g/mol. The molecule has 16 N–H and O–H groups in total. The minimum absolute atomic E-state index is 0.0545. The number of hydrogen-bond acceptors (Lipinski definition) is 31. The van der Waals surface area contributed by atoms with Gasteiger partial charge >= 0.3 is 17.9 Å². The maximum atomic E-state index is 15.7. The van der Waals surface area contributed by atoms with Crippen LogP contribution in [0.1, 0.15) is 120 Å². The molecule has 31 nitrogen and oxygen atoms in total. The first-order chi connectivity index (χ1) is 44.4. The minimum Gasteiger partial charge on any atom is -0.463 e. The molecule has 0 amide bonds. The second-order valence-corrected chi connectivity index (χ2v) is 31.1. The van der Waals surface area contributed by atoms with Crippen LogP contribution >= 0.6 is 0 Å². The number of allylic oxidation sites excluding steroid dienone is 2. The van der Waals surface area contributed by atoms with E-state index in [0.717, 1.165) is 12.5 Å². The Labute approximate surface area is 549 Å². The molecule has 11 fully saturated rings. The van der Waals surface area contributed by atoms with E-state index in [1.807, 2.05) is 0 Å². The van der Waals surface area contributed by atoms with Crippen molar-refractivity contribution in [2.75, 3.05) is 33.0 Å². The van der Waals surface area contributed by atoms with E-state index in [4.69, 9.17) is 56.8 Å². The van der Waals surface area contributed by atoms with Crippen LogP contribution in [0.4, 0.5) is 0 Å². The van der Waals surface area contributed by atoms with Gasteiger partial charge in [-0.15, -0.1) is 0 Å². The molecule has 14 rings (SSSR count). The zero-order chi connectivity index (χ0) is 69.4. The van der Waals surface area contributed by atoms with Gasteiger partial charge in [-0.3, -0.25) is 14.4 Å². The van der Waals surface area contributed by atoms with Crippen molar-refractivity contribution >= 4 is 17.9 Å². The first-order valence-corrected chi connectivity index (χ1v) is 33.3. The second kappa shape index (κ2) is 26.8. The molecule has 7 saturated heterocycles. The summed E-state index contributed by atoms with van der Waals surface area (Å²) in [6.07, 6.45) is -44.3. The Balaban J connectivity index is 0.966. The Bertz CT molecular complexity index is 2790. The molecule has 0 aromatic rings. The van der Waals surface area contributed by atoms with E-state index in [0.29, 0.717) is 32.1 Å². The number of carbonyl (C=O) groups excluding carboxylic acids is 3. The Morgan fingerprint density at radius 2 is 1.22 bits per heavy atom. The number of carbonyl (C=O) groups is 3. The van der Waals surface area contributed by atoms with Gasteiger partial charge in [0.25, 0.3) is 0 Å². The molecule has 0 aromatic heterocycles. The molecule has 542 valence electrons. The predicted molar refractivity (Wildman–Crippen MR) is 314 cm³/mol. The average molecular weight is 1370 g/mol. The smallest absolute Gasteiger partial charge is 0.317 e. The van der Waals surface area contributed by atoms with Crippen molar-refractivity contribution in [3.63, 3.8) is 0 Å². The Kier molecular flexibility index (Phi) is 20.7. The van der Waals surface area contributed by atoms with Crippen molar-refractivity contribution in [2.45, 2.75) is 285 Å². The van der Waals surface area contributed by atoms with E-state index >= 15 is 4.79 Å². The van der Waals surface area contributed by atoms with Gasteiger partial charge in [0, 0.05) is 5.41 Å². The molecular formula is C64H100O31. The molecule has 1 unspecified atom stereocenters. The van der Waals surface area contributed by atoms with Crippen molar-refractivity contribution in [1.82, 2.24) is 0 Å². The molecule has 35 atom stereocenters. The van der Waals surface area contributed by atoms with Gasteiger partial charge in [-0.25, -0.2) is 0 Å². The fraction of sp³-hybridized carbons (Fsp3) is 0.922. The largest absolute Gasteiger partial charge is 0.463 e. The fourth-order valence-electron chi connectivity index (χ4n) is 18.8. The summed E-state index contributed by atoms with van der Waals surface area (Å²) in [5.41, 5.74) is -7.04. The first kappa shape index (κ1) is 73.4. The highest BCUT2D eigenvalue weighted by atomic mass is 16.8. The van der Waals surface area contributed by atoms with Crippen LogP contribution in [0.3, 0.4) is 0 Å². The number of aliphatic hydroxyl groups is 16. The molecule has 9 aliphatic heterocycles. The predicted octanol–water partition coefficient (Wildman–Crippen LogP) is -4.34. The highest BCUT2D eigenvalue weighted by Crippen LogP contribution is 2.76. The van der Waals surface area contributed by atoms with Crippen LogP contribution in [0.25, 0.3) is 0 Å². The Morgan fingerprint density at radius 3 is 1.91 bits per heavy atom. The maximum Gasteiger partial charge on any atom is 0.317 e.